The van der Waals surface area contributed by atoms with Gasteiger partial charge in [0.2, 0.25) is 0 Å². The Morgan fingerprint density at radius 3 is 1.03 bits per heavy atom. The molecular formula is C96H64N2. The van der Waals surface area contributed by atoms with E-state index in [0.29, 0.717) is 0 Å². The van der Waals surface area contributed by atoms with Gasteiger partial charge in [-0.2, -0.15) is 0 Å². The van der Waals surface area contributed by atoms with E-state index >= 15 is 0 Å². The van der Waals surface area contributed by atoms with E-state index < -0.39 is 0 Å². The van der Waals surface area contributed by atoms with Crippen LogP contribution >= 0.6 is 0 Å². The van der Waals surface area contributed by atoms with Crippen LogP contribution in [0, 0.1) is 0 Å². The molecule has 0 saturated carbocycles. The van der Waals surface area contributed by atoms with Crippen molar-refractivity contribution in [3.63, 3.8) is 0 Å². The Morgan fingerprint density at radius 2 is 0.469 bits per heavy atom. The Morgan fingerprint density at radius 1 is 0.133 bits per heavy atom. The van der Waals surface area contributed by atoms with Crippen molar-refractivity contribution in [2.45, 2.75) is 0 Å². The van der Waals surface area contributed by atoms with E-state index in [4.69, 9.17) is 0 Å². The average Bonchev–Trinajstić information content (AvgIpc) is 0.772. The highest BCUT2D eigenvalue weighted by Gasteiger charge is 2.27. The molecule has 0 N–H and O–H groups in total. The van der Waals surface area contributed by atoms with E-state index in [1.807, 2.05) is 0 Å². The molecule has 2 nitrogen and oxygen atoms in total. The third kappa shape index (κ3) is 10.2. The maximum Gasteiger partial charge on any atom is 0.0540 e. The lowest BCUT2D eigenvalue weighted by Crippen LogP contribution is -2.13. The molecule has 0 aliphatic rings. The van der Waals surface area contributed by atoms with Crippen LogP contribution in [0.4, 0.5) is 34.1 Å². The molecule has 18 rings (SSSR count). The van der Waals surface area contributed by atoms with Gasteiger partial charge in [0.15, 0.2) is 0 Å². The van der Waals surface area contributed by atoms with Gasteiger partial charge in [0, 0.05) is 33.5 Å². The lowest BCUT2D eigenvalue weighted by Gasteiger charge is -2.32. The average molecular weight is 1250 g/mol. The van der Waals surface area contributed by atoms with Gasteiger partial charge in [0.1, 0.15) is 0 Å². The van der Waals surface area contributed by atoms with E-state index in [1.54, 1.807) is 0 Å². The molecule has 0 bridgehead atoms. The summed E-state index contributed by atoms with van der Waals surface area (Å²) in [6, 6.07) is 143. The molecule has 0 atom stereocenters. The smallest absolute Gasteiger partial charge is 0.0540 e. The first-order valence-electron chi connectivity index (χ1n) is 33.8. The zero-order valence-electron chi connectivity index (χ0n) is 53.8. The summed E-state index contributed by atoms with van der Waals surface area (Å²) in [5, 5.41) is 14.5. The first-order valence-corrected chi connectivity index (χ1v) is 33.8. The third-order valence-corrected chi connectivity index (χ3v) is 19.8. The lowest BCUT2D eigenvalue weighted by atomic mass is 9.89. The van der Waals surface area contributed by atoms with Gasteiger partial charge in [-0.15, -0.1) is 0 Å². The van der Waals surface area contributed by atoms with Gasteiger partial charge in [-0.1, -0.05) is 322 Å². The molecule has 458 valence electrons. The molecule has 0 spiro atoms. The molecule has 0 fully saturated rings. The van der Waals surface area contributed by atoms with E-state index in [2.05, 4.69) is 398 Å². The summed E-state index contributed by atoms with van der Waals surface area (Å²) in [6.45, 7) is 0. The quantitative estimate of drug-likeness (QED) is 0.106. The van der Waals surface area contributed by atoms with Crippen LogP contribution in [0.25, 0.3) is 143 Å². The van der Waals surface area contributed by atoms with Crippen LogP contribution < -0.4 is 9.80 Å². The second-order valence-corrected chi connectivity index (χ2v) is 25.4. The van der Waals surface area contributed by atoms with Gasteiger partial charge >= 0.3 is 0 Å². The summed E-state index contributed by atoms with van der Waals surface area (Å²) in [7, 11) is 0. The molecule has 0 heterocycles. The second kappa shape index (κ2) is 24.8. The highest BCUT2D eigenvalue weighted by molar-refractivity contribution is 6.17. The van der Waals surface area contributed by atoms with E-state index in [-0.39, 0.29) is 0 Å². The minimum atomic E-state index is 1.05. The SMILES string of the molecule is c1ccc(-c2cccc(N(c3ccccc3-c3cccc4ccccc34)c3ccc(-c4cccc(-c5ccccc5N(c5ccccc5-c5cccc6ccccc56)c5ccccc5-c5cc6ccccc6c6ccccc56)c4)cc3-c3cc4ccccc4c4ccccc34)c2)cc1. The molecule has 0 amide bonds. The van der Waals surface area contributed by atoms with E-state index in [0.717, 1.165) is 95.3 Å². The van der Waals surface area contributed by atoms with E-state index in [1.165, 1.54) is 81.3 Å². The fourth-order valence-electron chi connectivity index (χ4n) is 15.3. The minimum Gasteiger partial charge on any atom is -0.309 e. The van der Waals surface area contributed by atoms with Crippen LogP contribution in [0.1, 0.15) is 0 Å². The van der Waals surface area contributed by atoms with Gasteiger partial charge in [-0.25, -0.2) is 0 Å². The minimum absolute atomic E-state index is 1.05. The molecule has 98 heavy (non-hydrogen) atoms. The van der Waals surface area contributed by atoms with Crippen LogP contribution in [0.15, 0.2) is 388 Å². The van der Waals surface area contributed by atoms with Crippen LogP contribution in [-0.2, 0) is 0 Å². The lowest BCUT2D eigenvalue weighted by molar-refractivity contribution is 1.28. The van der Waals surface area contributed by atoms with Crippen molar-refractivity contribution < 1.29 is 0 Å². The number of nitrogens with zero attached hydrogens (tertiary/aromatic N) is 2. The van der Waals surface area contributed by atoms with Gasteiger partial charge in [-0.3, -0.25) is 0 Å². The van der Waals surface area contributed by atoms with Crippen molar-refractivity contribution in [3.8, 4) is 77.9 Å². The number of para-hydroxylation sites is 4. The highest BCUT2D eigenvalue weighted by Crippen LogP contribution is 2.53. The Hall–Kier alpha value is -12.9. The summed E-state index contributed by atoms with van der Waals surface area (Å²) >= 11 is 0. The number of fused-ring (bicyclic) bond motifs is 8. The standard InChI is InChI=1S/C96H64N2/c1-2-28-65(29-3-1)69-37-25-39-74(61-69)97(93-55-21-17-49-86(93)82-52-26-34-66-30-4-8-40-75(66)82)96-59-58-70(62-91(96)90-64-73-33-7-11-43-78(73)81-46-13-15-48-85(81)90)68-36-24-38-71(60-68)79-44-16-20-54-92(79)98(94-56-22-18-50-87(94)83-53-27-35-67-31-5-9-41-76(67)83)95-57-23-19-51-88(95)89-63-72-32-6-10-42-77(72)80-45-12-14-47-84(80)89/h1-64H. The zero-order chi connectivity index (χ0) is 64.9. The van der Waals surface area contributed by atoms with Gasteiger partial charge < -0.3 is 9.80 Å². The van der Waals surface area contributed by atoms with Gasteiger partial charge in [-0.05, 0) is 181 Å². The van der Waals surface area contributed by atoms with Crippen molar-refractivity contribution in [3.05, 3.63) is 388 Å². The maximum atomic E-state index is 2.54. The highest BCUT2D eigenvalue weighted by atomic mass is 15.2. The summed E-state index contributed by atoms with van der Waals surface area (Å²) in [4.78, 5) is 5.05. The van der Waals surface area contributed by atoms with Crippen LogP contribution in [-0.4, -0.2) is 0 Å². The summed E-state index contributed by atoms with van der Waals surface area (Å²) in [6.07, 6.45) is 0. The monoisotopic (exact) mass is 1240 g/mol. The van der Waals surface area contributed by atoms with Crippen molar-refractivity contribution in [1.82, 2.24) is 0 Å². The molecule has 0 aliphatic carbocycles. The van der Waals surface area contributed by atoms with Crippen molar-refractivity contribution in [2.75, 3.05) is 9.80 Å². The number of benzene rings is 18. The maximum absolute atomic E-state index is 2.54. The normalized spacial score (nSPS) is 11.5. The second-order valence-electron chi connectivity index (χ2n) is 25.4. The molecule has 2 heteroatoms. The topological polar surface area (TPSA) is 6.48 Å². The number of hydrogen-bond acceptors (Lipinski definition) is 2. The van der Waals surface area contributed by atoms with Crippen molar-refractivity contribution in [2.24, 2.45) is 0 Å². The molecule has 0 saturated heterocycles. The van der Waals surface area contributed by atoms with Crippen LogP contribution in [0.2, 0.25) is 0 Å². The summed E-state index contributed by atoms with van der Waals surface area (Å²) in [5.74, 6) is 0. The Bertz CT molecular complexity index is 6090. The molecule has 18 aromatic carbocycles. The zero-order valence-corrected chi connectivity index (χ0v) is 53.8. The molecule has 0 aromatic heterocycles. The fourth-order valence-corrected chi connectivity index (χ4v) is 15.3. The molecule has 0 unspecified atom stereocenters. The molecule has 0 radical (unpaired) electrons. The molecule has 0 aliphatic heterocycles. The Kier molecular flexibility index (Phi) is 14.6. The van der Waals surface area contributed by atoms with Gasteiger partial charge in [0.25, 0.3) is 0 Å². The Labute approximate surface area is 571 Å². The number of rotatable bonds is 13. The van der Waals surface area contributed by atoms with E-state index in [9.17, 15) is 0 Å². The Balaban J connectivity index is 0.863. The van der Waals surface area contributed by atoms with Gasteiger partial charge in [0.05, 0.1) is 28.4 Å². The van der Waals surface area contributed by atoms with Crippen molar-refractivity contribution >= 4 is 98.8 Å². The summed E-state index contributed by atoms with van der Waals surface area (Å²) in [5.41, 5.74) is 22.3. The number of anilines is 6. The van der Waals surface area contributed by atoms with Crippen LogP contribution in [0.3, 0.4) is 0 Å². The first kappa shape index (κ1) is 57.8. The predicted molar refractivity (Wildman–Crippen MR) is 419 cm³/mol. The molecule has 18 aromatic rings. The molecular weight excluding hydrogens is 1180 g/mol. The van der Waals surface area contributed by atoms with Crippen LogP contribution in [0.5, 0.6) is 0 Å². The number of hydrogen-bond donors (Lipinski definition) is 0. The third-order valence-electron chi connectivity index (χ3n) is 19.8. The predicted octanol–water partition coefficient (Wildman–Crippen LogP) is 27.2. The fraction of sp³-hybridized carbons (Fsp3) is 0. The van der Waals surface area contributed by atoms with Crippen molar-refractivity contribution in [1.29, 1.82) is 0 Å². The first-order chi connectivity index (χ1) is 48.6. The summed E-state index contributed by atoms with van der Waals surface area (Å²) < 4.78 is 0. The largest absolute Gasteiger partial charge is 0.309 e.